The van der Waals surface area contributed by atoms with Gasteiger partial charge in [0.15, 0.2) is 0 Å². The maximum absolute atomic E-state index is 13.3. The van der Waals surface area contributed by atoms with E-state index < -0.39 is 0 Å². The third kappa shape index (κ3) is 4.91. The van der Waals surface area contributed by atoms with Crippen LogP contribution in [0.2, 0.25) is 0 Å². The first kappa shape index (κ1) is 21.0. The van der Waals surface area contributed by atoms with E-state index in [-0.39, 0.29) is 18.1 Å². The Bertz CT molecular complexity index is 1240. The van der Waals surface area contributed by atoms with E-state index >= 15 is 0 Å². The van der Waals surface area contributed by atoms with Crippen molar-refractivity contribution in [3.8, 4) is 0 Å². The van der Waals surface area contributed by atoms with Gasteiger partial charge in [-0.15, -0.1) is 0 Å². The van der Waals surface area contributed by atoms with Gasteiger partial charge in [0.05, 0.1) is 12.6 Å². The van der Waals surface area contributed by atoms with Crippen LogP contribution in [0, 0.1) is 12.7 Å². The lowest BCUT2D eigenvalue weighted by molar-refractivity contribution is -0.120. The highest BCUT2D eigenvalue weighted by Crippen LogP contribution is 2.25. The number of halogens is 2. The molecule has 1 heterocycles. The molecular formula is C25H21BrFN3O. The highest BCUT2D eigenvalue weighted by molar-refractivity contribution is 9.10. The molecule has 0 saturated carbocycles. The van der Waals surface area contributed by atoms with Crippen LogP contribution in [0.1, 0.15) is 22.4 Å². The highest BCUT2D eigenvalue weighted by Gasteiger charge is 2.13. The quantitative estimate of drug-likeness (QED) is 0.285. The summed E-state index contributed by atoms with van der Waals surface area (Å²) < 4.78 is 16.4. The fourth-order valence-electron chi connectivity index (χ4n) is 3.59. The Labute approximate surface area is 188 Å². The van der Waals surface area contributed by atoms with E-state index in [0.717, 1.165) is 37.8 Å². The van der Waals surface area contributed by atoms with E-state index in [1.807, 2.05) is 49.4 Å². The van der Waals surface area contributed by atoms with Gasteiger partial charge in [0.25, 0.3) is 0 Å². The smallest absolute Gasteiger partial charge is 0.244 e. The largest absolute Gasteiger partial charge is 0.340 e. The molecule has 0 atom stereocenters. The van der Waals surface area contributed by atoms with Crippen LogP contribution in [0.3, 0.4) is 0 Å². The maximum Gasteiger partial charge on any atom is 0.244 e. The fourth-order valence-corrected chi connectivity index (χ4v) is 3.86. The first-order chi connectivity index (χ1) is 15.0. The molecule has 0 saturated heterocycles. The molecule has 4 rings (SSSR count). The Morgan fingerprint density at radius 2 is 1.71 bits per heavy atom. The first-order valence-electron chi connectivity index (χ1n) is 9.90. The number of hydrogen-bond acceptors (Lipinski definition) is 2. The number of nitrogens with zero attached hydrogens (tertiary/aromatic N) is 2. The monoisotopic (exact) mass is 477 g/mol. The summed E-state index contributed by atoms with van der Waals surface area (Å²) in [6.45, 7) is 2.64. The van der Waals surface area contributed by atoms with Crippen LogP contribution in [-0.2, 0) is 17.8 Å². The Balaban J connectivity index is 1.54. The molecule has 4 aromatic rings. The Morgan fingerprint density at radius 3 is 2.45 bits per heavy atom. The predicted octanol–water partition coefficient (Wildman–Crippen LogP) is 5.59. The van der Waals surface area contributed by atoms with E-state index in [2.05, 4.69) is 37.1 Å². The molecule has 1 amide bonds. The van der Waals surface area contributed by atoms with Gasteiger partial charge in [-0.1, -0.05) is 58.4 Å². The lowest BCUT2D eigenvalue weighted by atomic mass is 10.1. The van der Waals surface area contributed by atoms with Crippen LogP contribution < -0.4 is 5.43 Å². The van der Waals surface area contributed by atoms with Crippen molar-refractivity contribution in [2.45, 2.75) is 19.9 Å². The number of amides is 1. The molecule has 6 heteroatoms. The van der Waals surface area contributed by atoms with E-state index in [0.29, 0.717) is 6.54 Å². The maximum atomic E-state index is 13.3. The molecule has 4 nitrogen and oxygen atoms in total. The second-order valence-electron chi connectivity index (χ2n) is 7.33. The predicted molar refractivity (Wildman–Crippen MR) is 126 cm³/mol. The minimum Gasteiger partial charge on any atom is -0.340 e. The SMILES string of the molecule is Cc1c(/C=N\NC(=O)Cc2ccc(Br)cc2)c2ccccc2n1Cc1ccc(F)cc1. The molecule has 0 aliphatic rings. The van der Waals surface area contributed by atoms with Crippen LogP contribution in [0.25, 0.3) is 10.9 Å². The van der Waals surface area contributed by atoms with Gasteiger partial charge >= 0.3 is 0 Å². The van der Waals surface area contributed by atoms with Crippen molar-refractivity contribution in [2.75, 3.05) is 0 Å². The fraction of sp³-hybridized carbons (Fsp3) is 0.120. The lowest BCUT2D eigenvalue weighted by Gasteiger charge is -2.08. The number of carbonyl (C=O) groups is 1. The minimum atomic E-state index is -0.246. The topological polar surface area (TPSA) is 46.4 Å². The standard InChI is InChI=1S/C25H21BrFN3O/c1-17-23(15-28-29-25(31)14-18-6-10-20(26)11-7-18)22-4-2-3-5-24(22)30(17)16-19-8-12-21(27)13-9-19/h2-13,15H,14,16H2,1H3,(H,29,31)/b28-15-. The molecule has 3 aromatic carbocycles. The van der Waals surface area contributed by atoms with Crippen molar-refractivity contribution < 1.29 is 9.18 Å². The van der Waals surface area contributed by atoms with Crippen molar-refractivity contribution in [3.63, 3.8) is 0 Å². The van der Waals surface area contributed by atoms with Gasteiger partial charge in [-0.25, -0.2) is 9.82 Å². The van der Waals surface area contributed by atoms with Crippen LogP contribution in [0.15, 0.2) is 82.4 Å². The molecular weight excluding hydrogens is 457 g/mol. The number of para-hydroxylation sites is 1. The molecule has 0 aliphatic carbocycles. The summed E-state index contributed by atoms with van der Waals surface area (Å²) in [7, 11) is 0. The van der Waals surface area contributed by atoms with E-state index in [1.54, 1.807) is 18.3 Å². The van der Waals surface area contributed by atoms with Gasteiger partial charge in [-0.05, 0) is 48.4 Å². The van der Waals surface area contributed by atoms with Gasteiger partial charge in [-0.3, -0.25) is 4.79 Å². The third-order valence-corrected chi connectivity index (χ3v) is 5.72. The summed E-state index contributed by atoms with van der Waals surface area (Å²) >= 11 is 3.39. The molecule has 0 radical (unpaired) electrons. The van der Waals surface area contributed by atoms with Crippen molar-refractivity contribution in [3.05, 3.63) is 105 Å². The molecule has 31 heavy (non-hydrogen) atoms. The van der Waals surface area contributed by atoms with Crippen LogP contribution in [0.4, 0.5) is 4.39 Å². The second kappa shape index (κ2) is 9.27. The number of carbonyl (C=O) groups excluding carboxylic acids is 1. The zero-order valence-corrected chi connectivity index (χ0v) is 18.6. The summed E-state index contributed by atoms with van der Waals surface area (Å²) in [5.41, 5.74) is 7.58. The number of hydrogen-bond donors (Lipinski definition) is 1. The molecule has 156 valence electrons. The summed E-state index contributed by atoms with van der Waals surface area (Å²) in [6, 6.07) is 22.2. The van der Waals surface area contributed by atoms with Gasteiger partial charge in [0, 0.05) is 33.2 Å². The average molecular weight is 478 g/mol. The second-order valence-corrected chi connectivity index (χ2v) is 8.24. The third-order valence-electron chi connectivity index (χ3n) is 5.19. The number of hydrazone groups is 1. The molecule has 1 N–H and O–H groups in total. The van der Waals surface area contributed by atoms with Crippen molar-refractivity contribution in [1.29, 1.82) is 0 Å². The van der Waals surface area contributed by atoms with Gasteiger partial charge in [0.2, 0.25) is 5.91 Å². The Kier molecular flexibility index (Phi) is 6.28. The molecule has 0 spiro atoms. The zero-order chi connectivity index (χ0) is 21.8. The minimum absolute atomic E-state index is 0.175. The van der Waals surface area contributed by atoms with Gasteiger partial charge in [-0.2, -0.15) is 5.10 Å². The first-order valence-corrected chi connectivity index (χ1v) is 10.7. The number of fused-ring (bicyclic) bond motifs is 1. The Morgan fingerprint density at radius 1 is 1.03 bits per heavy atom. The van der Waals surface area contributed by atoms with Crippen molar-refractivity contribution >= 4 is 39.0 Å². The number of aromatic nitrogens is 1. The van der Waals surface area contributed by atoms with E-state index in [1.165, 1.54) is 12.1 Å². The summed E-state index contributed by atoms with van der Waals surface area (Å²) in [5.74, 6) is -0.421. The number of nitrogens with one attached hydrogen (secondary N) is 1. The van der Waals surface area contributed by atoms with Crippen LogP contribution >= 0.6 is 15.9 Å². The molecule has 0 unspecified atom stereocenters. The van der Waals surface area contributed by atoms with Crippen molar-refractivity contribution in [1.82, 2.24) is 9.99 Å². The Hall–Kier alpha value is -3.25. The summed E-state index contributed by atoms with van der Waals surface area (Å²) in [4.78, 5) is 12.2. The summed E-state index contributed by atoms with van der Waals surface area (Å²) in [6.07, 6.45) is 1.95. The number of benzene rings is 3. The molecule has 0 aliphatic heterocycles. The van der Waals surface area contributed by atoms with Crippen molar-refractivity contribution in [2.24, 2.45) is 5.10 Å². The molecule has 0 bridgehead atoms. The normalized spacial score (nSPS) is 11.3. The van der Waals surface area contributed by atoms with Gasteiger partial charge < -0.3 is 4.57 Å². The van der Waals surface area contributed by atoms with Crippen LogP contribution in [0.5, 0.6) is 0 Å². The zero-order valence-electron chi connectivity index (χ0n) is 17.0. The molecule has 1 aromatic heterocycles. The summed E-state index contributed by atoms with van der Waals surface area (Å²) in [5, 5.41) is 5.25. The lowest BCUT2D eigenvalue weighted by Crippen LogP contribution is -2.19. The number of rotatable bonds is 6. The van der Waals surface area contributed by atoms with E-state index in [9.17, 15) is 9.18 Å². The molecule has 0 fully saturated rings. The van der Waals surface area contributed by atoms with Gasteiger partial charge in [0.1, 0.15) is 5.82 Å². The van der Waals surface area contributed by atoms with Crippen LogP contribution in [-0.4, -0.2) is 16.7 Å². The average Bonchev–Trinajstić information content (AvgIpc) is 3.03. The highest BCUT2D eigenvalue weighted by atomic mass is 79.9. The van der Waals surface area contributed by atoms with E-state index in [4.69, 9.17) is 0 Å².